The molecule has 0 radical (unpaired) electrons. The van der Waals surface area contributed by atoms with E-state index < -0.39 is 0 Å². The van der Waals surface area contributed by atoms with E-state index in [0.29, 0.717) is 12.5 Å². The van der Waals surface area contributed by atoms with Crippen molar-refractivity contribution in [3.05, 3.63) is 29.8 Å². The molecule has 0 aliphatic carbocycles. The van der Waals surface area contributed by atoms with Crippen LogP contribution < -0.4 is 10.6 Å². The molecule has 1 aromatic carbocycles. The summed E-state index contributed by atoms with van der Waals surface area (Å²) in [5.41, 5.74) is 8.24. The highest BCUT2D eigenvalue weighted by Crippen LogP contribution is 2.22. The third-order valence-electron chi connectivity index (χ3n) is 3.41. The summed E-state index contributed by atoms with van der Waals surface area (Å²) in [5, 5.41) is 0. The molecule has 1 fully saturated rings. The Hall–Kier alpha value is -1.06. The average molecular weight is 234 g/mol. The molecule has 0 amide bonds. The van der Waals surface area contributed by atoms with Gasteiger partial charge in [0.25, 0.3) is 0 Å². The van der Waals surface area contributed by atoms with Crippen LogP contribution in [0.2, 0.25) is 0 Å². The lowest BCUT2D eigenvalue weighted by Gasteiger charge is -2.29. The minimum Gasteiger partial charge on any atom is -0.381 e. The summed E-state index contributed by atoms with van der Waals surface area (Å²) in [6.45, 7) is 3.48. The molecule has 94 valence electrons. The molecule has 1 saturated heterocycles. The Morgan fingerprint density at radius 3 is 2.94 bits per heavy atom. The molecule has 1 unspecified atom stereocenters. The fraction of sp³-hybridized carbons (Fsp3) is 0.571. The van der Waals surface area contributed by atoms with Crippen LogP contribution in [0, 0.1) is 5.92 Å². The van der Waals surface area contributed by atoms with Gasteiger partial charge in [0, 0.05) is 32.4 Å². The van der Waals surface area contributed by atoms with E-state index in [1.165, 1.54) is 24.1 Å². The van der Waals surface area contributed by atoms with Gasteiger partial charge in [-0.25, -0.2) is 0 Å². The summed E-state index contributed by atoms with van der Waals surface area (Å²) in [7, 11) is 2.14. The number of nitrogens with two attached hydrogens (primary N) is 1. The Kier molecular flexibility index (Phi) is 4.40. The van der Waals surface area contributed by atoms with Crippen molar-refractivity contribution in [2.24, 2.45) is 11.7 Å². The minimum absolute atomic E-state index is 0.599. The van der Waals surface area contributed by atoms with Crippen LogP contribution in [0.25, 0.3) is 0 Å². The molecular formula is C14H22N2O. The molecule has 1 heterocycles. The molecule has 0 aromatic heterocycles. The molecular weight excluding hydrogens is 212 g/mol. The molecule has 1 aliphatic rings. The van der Waals surface area contributed by atoms with E-state index in [0.717, 1.165) is 19.8 Å². The third-order valence-corrected chi connectivity index (χ3v) is 3.41. The standard InChI is InChI=1S/C14H22N2O/c1-16(10-12-5-4-8-17-11-12)14-7-3-2-6-13(14)9-15/h2-3,6-7,12H,4-5,8-11,15H2,1H3. The normalized spacial score (nSPS) is 20.2. The Morgan fingerprint density at radius 1 is 1.41 bits per heavy atom. The van der Waals surface area contributed by atoms with Crippen LogP contribution in [0.1, 0.15) is 18.4 Å². The van der Waals surface area contributed by atoms with Crippen LogP contribution in [0.3, 0.4) is 0 Å². The van der Waals surface area contributed by atoms with Crippen molar-refractivity contribution in [3.8, 4) is 0 Å². The van der Waals surface area contributed by atoms with Crippen molar-refractivity contribution in [3.63, 3.8) is 0 Å². The topological polar surface area (TPSA) is 38.5 Å². The Morgan fingerprint density at radius 2 is 2.24 bits per heavy atom. The van der Waals surface area contributed by atoms with Gasteiger partial charge in [-0.05, 0) is 30.4 Å². The van der Waals surface area contributed by atoms with Crippen LogP contribution in [-0.4, -0.2) is 26.8 Å². The van der Waals surface area contributed by atoms with E-state index in [9.17, 15) is 0 Å². The second-order valence-electron chi connectivity index (χ2n) is 4.80. The highest BCUT2D eigenvalue weighted by molar-refractivity contribution is 5.52. The summed E-state index contributed by atoms with van der Waals surface area (Å²) in [5.74, 6) is 0.652. The zero-order valence-electron chi connectivity index (χ0n) is 10.6. The van der Waals surface area contributed by atoms with Crippen molar-refractivity contribution in [2.75, 3.05) is 31.7 Å². The number of hydrogen-bond donors (Lipinski definition) is 1. The molecule has 17 heavy (non-hydrogen) atoms. The number of hydrogen-bond acceptors (Lipinski definition) is 3. The van der Waals surface area contributed by atoms with E-state index in [1.807, 2.05) is 6.07 Å². The predicted molar refractivity (Wildman–Crippen MR) is 71.1 cm³/mol. The van der Waals surface area contributed by atoms with Crippen LogP contribution in [-0.2, 0) is 11.3 Å². The van der Waals surface area contributed by atoms with Crippen molar-refractivity contribution in [2.45, 2.75) is 19.4 Å². The van der Waals surface area contributed by atoms with Gasteiger partial charge in [0.1, 0.15) is 0 Å². The number of benzene rings is 1. The van der Waals surface area contributed by atoms with Crippen LogP contribution >= 0.6 is 0 Å². The van der Waals surface area contributed by atoms with Gasteiger partial charge in [-0.1, -0.05) is 18.2 Å². The Bertz CT molecular complexity index is 348. The lowest BCUT2D eigenvalue weighted by molar-refractivity contribution is 0.0576. The highest BCUT2D eigenvalue weighted by Gasteiger charge is 2.16. The first-order chi connectivity index (χ1) is 8.31. The van der Waals surface area contributed by atoms with Gasteiger partial charge >= 0.3 is 0 Å². The highest BCUT2D eigenvalue weighted by atomic mass is 16.5. The first-order valence-electron chi connectivity index (χ1n) is 6.38. The van der Waals surface area contributed by atoms with Crippen LogP contribution in [0.5, 0.6) is 0 Å². The second-order valence-corrected chi connectivity index (χ2v) is 4.80. The van der Waals surface area contributed by atoms with Gasteiger partial charge in [0.15, 0.2) is 0 Å². The van der Waals surface area contributed by atoms with Gasteiger partial charge < -0.3 is 15.4 Å². The van der Waals surface area contributed by atoms with Crippen LogP contribution in [0.4, 0.5) is 5.69 Å². The Balaban J connectivity index is 2.00. The van der Waals surface area contributed by atoms with Crippen molar-refractivity contribution in [1.29, 1.82) is 0 Å². The average Bonchev–Trinajstić information content (AvgIpc) is 2.40. The number of nitrogens with zero attached hydrogens (tertiary/aromatic N) is 1. The lowest BCUT2D eigenvalue weighted by atomic mass is 10.0. The predicted octanol–water partition coefficient (Wildman–Crippen LogP) is 2.01. The molecule has 2 N–H and O–H groups in total. The maximum absolute atomic E-state index is 5.77. The fourth-order valence-electron chi connectivity index (χ4n) is 2.49. The van der Waals surface area contributed by atoms with Crippen molar-refractivity contribution in [1.82, 2.24) is 0 Å². The molecule has 2 rings (SSSR count). The number of ether oxygens (including phenoxy) is 1. The molecule has 1 aromatic rings. The zero-order chi connectivity index (χ0) is 12.1. The second kappa shape index (κ2) is 6.03. The van der Waals surface area contributed by atoms with E-state index in [1.54, 1.807) is 0 Å². The summed E-state index contributed by atoms with van der Waals surface area (Å²) >= 11 is 0. The Labute approximate surface area is 104 Å². The van der Waals surface area contributed by atoms with E-state index in [-0.39, 0.29) is 0 Å². The van der Waals surface area contributed by atoms with E-state index in [2.05, 4.69) is 30.1 Å². The van der Waals surface area contributed by atoms with Crippen molar-refractivity contribution >= 4 is 5.69 Å². The maximum Gasteiger partial charge on any atom is 0.0511 e. The lowest BCUT2D eigenvalue weighted by Crippen LogP contribution is -2.31. The summed E-state index contributed by atoms with van der Waals surface area (Å²) in [6, 6.07) is 8.36. The van der Waals surface area contributed by atoms with Crippen LogP contribution in [0.15, 0.2) is 24.3 Å². The van der Waals surface area contributed by atoms with Gasteiger partial charge in [-0.2, -0.15) is 0 Å². The first-order valence-corrected chi connectivity index (χ1v) is 6.38. The summed E-state index contributed by atoms with van der Waals surface area (Å²) < 4.78 is 5.52. The molecule has 3 nitrogen and oxygen atoms in total. The molecule has 0 saturated carbocycles. The SMILES string of the molecule is CN(CC1CCCOC1)c1ccccc1CN. The third kappa shape index (κ3) is 3.20. The number of anilines is 1. The number of para-hydroxylation sites is 1. The van der Waals surface area contributed by atoms with E-state index >= 15 is 0 Å². The molecule has 1 atom stereocenters. The summed E-state index contributed by atoms with van der Waals surface area (Å²) in [4.78, 5) is 2.31. The summed E-state index contributed by atoms with van der Waals surface area (Å²) in [6.07, 6.45) is 2.46. The molecule has 0 bridgehead atoms. The van der Waals surface area contributed by atoms with Crippen molar-refractivity contribution < 1.29 is 4.74 Å². The largest absolute Gasteiger partial charge is 0.381 e. The quantitative estimate of drug-likeness (QED) is 0.866. The molecule has 1 aliphatic heterocycles. The van der Waals surface area contributed by atoms with Gasteiger partial charge in [-0.15, -0.1) is 0 Å². The maximum atomic E-state index is 5.77. The van der Waals surface area contributed by atoms with Gasteiger partial charge in [0.2, 0.25) is 0 Å². The monoisotopic (exact) mass is 234 g/mol. The first kappa shape index (κ1) is 12.4. The molecule has 3 heteroatoms. The molecule has 0 spiro atoms. The van der Waals surface area contributed by atoms with Gasteiger partial charge in [0.05, 0.1) is 6.61 Å². The zero-order valence-corrected chi connectivity index (χ0v) is 10.6. The number of rotatable bonds is 4. The van der Waals surface area contributed by atoms with E-state index in [4.69, 9.17) is 10.5 Å². The minimum atomic E-state index is 0.599. The van der Waals surface area contributed by atoms with Gasteiger partial charge in [-0.3, -0.25) is 0 Å². The smallest absolute Gasteiger partial charge is 0.0511 e. The fourth-order valence-corrected chi connectivity index (χ4v) is 2.49.